The molecule has 0 spiro atoms. The van der Waals surface area contributed by atoms with Crippen molar-refractivity contribution in [3.8, 4) is 16.9 Å². The summed E-state index contributed by atoms with van der Waals surface area (Å²) in [6.07, 6.45) is -1.15. The summed E-state index contributed by atoms with van der Waals surface area (Å²) in [5, 5.41) is 2.75. The Bertz CT molecular complexity index is 1610. The van der Waals surface area contributed by atoms with Gasteiger partial charge in [0.1, 0.15) is 18.4 Å². The smallest absolute Gasteiger partial charge is 0.416 e. The second kappa shape index (κ2) is 11.0. The quantitative estimate of drug-likeness (QED) is 0.300. The molecule has 0 radical (unpaired) electrons. The summed E-state index contributed by atoms with van der Waals surface area (Å²) in [5.41, 5.74) is 1.04. The summed E-state index contributed by atoms with van der Waals surface area (Å²) in [6, 6.07) is 19.7. The summed E-state index contributed by atoms with van der Waals surface area (Å²) < 4.78 is 73.8. The number of benzene rings is 3. The van der Waals surface area contributed by atoms with Crippen LogP contribution in [0.5, 0.6) is 5.75 Å². The molecule has 3 aromatic carbocycles. The Hall–Kier alpha value is -4.38. The van der Waals surface area contributed by atoms with Gasteiger partial charge in [0, 0.05) is 12.6 Å². The Labute approximate surface area is 229 Å². The molecule has 2 heterocycles. The summed E-state index contributed by atoms with van der Waals surface area (Å²) in [7, 11) is -4.20. The lowest BCUT2D eigenvalue weighted by Gasteiger charge is -2.26. The minimum atomic E-state index is -4.50. The van der Waals surface area contributed by atoms with E-state index in [2.05, 4.69) is 10.3 Å². The fourth-order valence-electron chi connectivity index (χ4n) is 4.56. The number of amides is 1. The van der Waals surface area contributed by atoms with Gasteiger partial charge in [-0.25, -0.2) is 8.42 Å². The molecule has 0 aliphatic carbocycles. The Kier molecular flexibility index (Phi) is 7.49. The lowest BCUT2D eigenvalue weighted by molar-refractivity contribution is -0.137. The number of nitrogens with zero attached hydrogens (tertiary/aromatic N) is 2. The molecule has 1 atom stereocenters. The van der Waals surface area contributed by atoms with Crippen LogP contribution in [0.4, 0.5) is 18.9 Å². The molecule has 1 N–H and O–H groups in total. The third-order valence-corrected chi connectivity index (χ3v) is 8.30. The Morgan fingerprint density at radius 1 is 0.975 bits per heavy atom. The van der Waals surface area contributed by atoms with Crippen molar-refractivity contribution in [3.63, 3.8) is 0 Å². The Morgan fingerprint density at radius 2 is 1.75 bits per heavy atom. The van der Waals surface area contributed by atoms with Crippen LogP contribution in [0.2, 0.25) is 0 Å². The van der Waals surface area contributed by atoms with Gasteiger partial charge in [-0.1, -0.05) is 42.5 Å². The average Bonchev–Trinajstić information content (AvgIpc) is 3.36. The molecule has 1 aromatic heterocycles. The minimum absolute atomic E-state index is 0.0855. The van der Waals surface area contributed by atoms with Gasteiger partial charge in [-0.15, -0.1) is 0 Å². The van der Waals surface area contributed by atoms with Crippen LogP contribution in [0.3, 0.4) is 0 Å². The van der Waals surface area contributed by atoms with Gasteiger partial charge in [0.2, 0.25) is 5.91 Å². The van der Waals surface area contributed by atoms with Crippen LogP contribution in [0.15, 0.2) is 102 Å². The minimum Gasteiger partial charge on any atom is -0.490 e. The first kappa shape index (κ1) is 27.2. The van der Waals surface area contributed by atoms with E-state index in [0.29, 0.717) is 28.1 Å². The van der Waals surface area contributed by atoms with Crippen molar-refractivity contribution in [1.29, 1.82) is 0 Å². The van der Waals surface area contributed by atoms with E-state index in [1.165, 1.54) is 36.4 Å². The van der Waals surface area contributed by atoms with Gasteiger partial charge in [0.25, 0.3) is 10.0 Å². The maximum atomic E-state index is 13.8. The highest BCUT2D eigenvalue weighted by Gasteiger charge is 2.42. The van der Waals surface area contributed by atoms with E-state index in [9.17, 15) is 26.4 Å². The Balaban J connectivity index is 1.36. The van der Waals surface area contributed by atoms with Crippen LogP contribution in [0.25, 0.3) is 11.1 Å². The molecule has 4 aromatic rings. The normalized spacial score (nSPS) is 15.0. The van der Waals surface area contributed by atoms with Crippen LogP contribution in [0, 0.1) is 0 Å². The number of rotatable bonds is 8. The van der Waals surface area contributed by atoms with Gasteiger partial charge in [0.15, 0.2) is 0 Å². The molecule has 1 aliphatic heterocycles. The number of hydrogen-bond acceptors (Lipinski definition) is 5. The largest absolute Gasteiger partial charge is 0.490 e. The molecule has 0 unspecified atom stereocenters. The average molecular weight is 568 g/mol. The first-order valence-corrected chi connectivity index (χ1v) is 13.8. The van der Waals surface area contributed by atoms with E-state index < -0.39 is 33.7 Å². The third kappa shape index (κ3) is 5.64. The second-order valence-corrected chi connectivity index (χ2v) is 10.9. The third-order valence-electron chi connectivity index (χ3n) is 6.47. The monoisotopic (exact) mass is 567 g/mol. The number of hydrogen-bond donors (Lipinski definition) is 1. The molecule has 0 bridgehead atoms. The van der Waals surface area contributed by atoms with Gasteiger partial charge in [-0.2, -0.15) is 13.2 Å². The first-order valence-electron chi connectivity index (χ1n) is 12.4. The maximum Gasteiger partial charge on any atom is 0.416 e. The van der Waals surface area contributed by atoms with Crippen molar-refractivity contribution in [2.75, 3.05) is 17.5 Å². The van der Waals surface area contributed by atoms with E-state index >= 15 is 0 Å². The molecule has 0 fully saturated rings. The van der Waals surface area contributed by atoms with E-state index in [-0.39, 0.29) is 24.5 Å². The molecule has 7 nitrogen and oxygen atoms in total. The van der Waals surface area contributed by atoms with Gasteiger partial charge < -0.3 is 10.1 Å². The number of halogens is 3. The number of sulfonamides is 1. The number of alkyl halides is 3. The standard InChI is InChI=1S/C29H24F3N3O4S/c30-29(31,32)23-7-3-6-21(17-23)20-10-12-25(13-11-20)40(37,38)35-26-9-2-1-5-22(26)18-27(35)28(36)34-15-16-39-24-8-4-14-33-19-24/h1-14,17,19,27H,15-16,18H2,(H,34,36)/t27-/m0/s1. The fraction of sp³-hybridized carbons (Fsp3) is 0.172. The summed E-state index contributed by atoms with van der Waals surface area (Å²) in [5.74, 6) is 0.0675. The molecule has 1 aliphatic rings. The number of fused-ring (bicyclic) bond motifs is 1. The predicted molar refractivity (Wildman–Crippen MR) is 143 cm³/mol. The highest BCUT2D eigenvalue weighted by atomic mass is 32.2. The molecular formula is C29H24F3N3O4S. The van der Waals surface area contributed by atoms with Crippen LogP contribution in [-0.4, -0.2) is 38.5 Å². The number of carbonyl (C=O) groups excluding carboxylic acids is 1. The van der Waals surface area contributed by atoms with Gasteiger partial charge in [0.05, 0.1) is 28.9 Å². The van der Waals surface area contributed by atoms with Crippen LogP contribution in [0.1, 0.15) is 11.1 Å². The van der Waals surface area contributed by atoms with Gasteiger partial charge in [-0.05, 0) is 59.2 Å². The summed E-state index contributed by atoms with van der Waals surface area (Å²) in [4.78, 5) is 17.1. The molecular weight excluding hydrogens is 543 g/mol. The number of aromatic nitrogens is 1. The van der Waals surface area contributed by atoms with Crippen molar-refractivity contribution >= 4 is 21.6 Å². The summed E-state index contributed by atoms with van der Waals surface area (Å²) >= 11 is 0. The van der Waals surface area contributed by atoms with E-state index in [0.717, 1.165) is 16.4 Å². The van der Waals surface area contributed by atoms with Crippen molar-refractivity contribution in [1.82, 2.24) is 10.3 Å². The number of carbonyl (C=O) groups is 1. The van der Waals surface area contributed by atoms with Crippen LogP contribution in [-0.2, 0) is 27.4 Å². The lowest BCUT2D eigenvalue weighted by Crippen LogP contribution is -2.48. The topological polar surface area (TPSA) is 88.6 Å². The van der Waals surface area contributed by atoms with Gasteiger partial charge in [-0.3, -0.25) is 14.1 Å². The highest BCUT2D eigenvalue weighted by Crippen LogP contribution is 2.38. The highest BCUT2D eigenvalue weighted by molar-refractivity contribution is 7.93. The molecule has 0 saturated carbocycles. The molecule has 11 heteroatoms. The second-order valence-electron chi connectivity index (χ2n) is 9.08. The molecule has 206 valence electrons. The SMILES string of the molecule is O=C(NCCOc1cccnc1)[C@@H]1Cc2ccccc2N1S(=O)(=O)c1ccc(-c2cccc(C(F)(F)F)c2)cc1. The van der Waals surface area contributed by atoms with Crippen LogP contribution < -0.4 is 14.4 Å². The zero-order valence-corrected chi connectivity index (χ0v) is 21.8. The number of ether oxygens (including phenoxy) is 1. The van der Waals surface area contributed by atoms with Crippen molar-refractivity contribution in [2.45, 2.75) is 23.5 Å². The van der Waals surface area contributed by atoms with Crippen LogP contribution >= 0.6 is 0 Å². The molecule has 5 rings (SSSR count). The van der Waals surface area contributed by atoms with E-state index in [4.69, 9.17) is 4.74 Å². The van der Waals surface area contributed by atoms with Crippen molar-refractivity contribution in [2.24, 2.45) is 0 Å². The maximum absolute atomic E-state index is 13.8. The summed E-state index contributed by atoms with van der Waals surface area (Å²) in [6.45, 7) is 0.320. The zero-order chi connectivity index (χ0) is 28.3. The molecule has 0 saturated heterocycles. The molecule has 40 heavy (non-hydrogen) atoms. The first-order chi connectivity index (χ1) is 19.1. The number of pyridine rings is 1. The van der Waals surface area contributed by atoms with E-state index in [1.54, 1.807) is 48.8 Å². The zero-order valence-electron chi connectivity index (χ0n) is 21.0. The fourth-order valence-corrected chi connectivity index (χ4v) is 6.20. The Morgan fingerprint density at radius 3 is 2.48 bits per heavy atom. The predicted octanol–water partition coefficient (Wildman–Crippen LogP) is 5.08. The number of para-hydroxylation sites is 1. The number of nitrogens with one attached hydrogen (secondary N) is 1. The van der Waals surface area contributed by atoms with Crippen molar-refractivity contribution < 1.29 is 31.1 Å². The van der Waals surface area contributed by atoms with Crippen molar-refractivity contribution in [3.05, 3.63) is 108 Å². The molecule has 1 amide bonds. The van der Waals surface area contributed by atoms with Gasteiger partial charge >= 0.3 is 6.18 Å². The lowest BCUT2D eigenvalue weighted by atomic mass is 10.0. The number of anilines is 1. The van der Waals surface area contributed by atoms with E-state index in [1.807, 2.05) is 0 Å².